The second kappa shape index (κ2) is 8.19. The zero-order chi connectivity index (χ0) is 17.5. The van der Waals surface area contributed by atoms with Gasteiger partial charge in [-0.1, -0.05) is 24.3 Å². The van der Waals surface area contributed by atoms with Crippen LogP contribution in [0.5, 0.6) is 0 Å². The van der Waals surface area contributed by atoms with Crippen molar-refractivity contribution in [2.45, 2.75) is 18.9 Å². The summed E-state index contributed by atoms with van der Waals surface area (Å²) in [6.45, 7) is 0. The molecule has 6 heteroatoms. The molecule has 0 heterocycles. The molecule has 2 aromatic carbocycles. The van der Waals surface area contributed by atoms with Crippen molar-refractivity contribution >= 4 is 11.9 Å². The van der Waals surface area contributed by atoms with E-state index in [4.69, 9.17) is 0 Å². The van der Waals surface area contributed by atoms with Crippen molar-refractivity contribution < 1.29 is 23.1 Å². The number of methoxy groups -OCH3 is 1. The normalized spacial score (nSPS) is 11.6. The highest BCUT2D eigenvalue weighted by molar-refractivity contribution is 5.85. The molecule has 0 aliphatic rings. The lowest BCUT2D eigenvalue weighted by molar-refractivity contribution is -0.145. The lowest BCUT2D eigenvalue weighted by atomic mass is 10.0. The predicted molar refractivity (Wildman–Crippen MR) is 84.2 cm³/mol. The minimum absolute atomic E-state index is 0.00305. The second-order valence-corrected chi connectivity index (χ2v) is 5.28. The van der Waals surface area contributed by atoms with Gasteiger partial charge in [0.1, 0.15) is 17.7 Å². The summed E-state index contributed by atoms with van der Waals surface area (Å²) in [6.07, 6.45) is 0.108. The van der Waals surface area contributed by atoms with E-state index in [9.17, 15) is 18.4 Å². The predicted octanol–water partition coefficient (Wildman–Crippen LogP) is 2.41. The lowest BCUT2D eigenvalue weighted by Gasteiger charge is -2.16. The van der Waals surface area contributed by atoms with E-state index in [2.05, 4.69) is 10.1 Å². The van der Waals surface area contributed by atoms with Crippen molar-refractivity contribution in [2.75, 3.05) is 7.11 Å². The summed E-state index contributed by atoms with van der Waals surface area (Å²) < 4.78 is 30.8. The fourth-order valence-electron chi connectivity index (χ4n) is 2.27. The van der Waals surface area contributed by atoms with Gasteiger partial charge in [0.2, 0.25) is 5.91 Å². The fourth-order valence-corrected chi connectivity index (χ4v) is 2.27. The average molecular weight is 333 g/mol. The molecule has 0 aliphatic heterocycles. The van der Waals surface area contributed by atoms with Gasteiger partial charge in [0.05, 0.1) is 13.5 Å². The van der Waals surface area contributed by atoms with Crippen molar-refractivity contribution in [3.63, 3.8) is 0 Å². The van der Waals surface area contributed by atoms with E-state index >= 15 is 0 Å². The standard InChI is InChI=1S/C18H17F2NO3/c1-24-18(23)16(10-13-3-2-4-15(20)9-13)21-17(22)11-12-5-7-14(19)8-6-12/h2-9,16H,10-11H2,1H3,(H,21,22)/t16-/m1/s1. The smallest absolute Gasteiger partial charge is 0.328 e. The van der Waals surface area contributed by atoms with Crippen LogP contribution in [0.25, 0.3) is 0 Å². The molecule has 0 unspecified atom stereocenters. The summed E-state index contributed by atoms with van der Waals surface area (Å²) in [5.41, 5.74) is 1.18. The van der Waals surface area contributed by atoms with Crippen molar-refractivity contribution in [1.82, 2.24) is 5.32 Å². The summed E-state index contributed by atoms with van der Waals surface area (Å²) in [7, 11) is 1.22. The molecule has 24 heavy (non-hydrogen) atoms. The number of hydrogen-bond donors (Lipinski definition) is 1. The van der Waals surface area contributed by atoms with Gasteiger partial charge >= 0.3 is 5.97 Å². The number of hydrogen-bond acceptors (Lipinski definition) is 3. The Bertz CT molecular complexity index is 716. The Morgan fingerprint density at radius 3 is 2.38 bits per heavy atom. The molecule has 0 aromatic heterocycles. The Morgan fingerprint density at radius 1 is 1.04 bits per heavy atom. The quantitative estimate of drug-likeness (QED) is 0.826. The summed E-state index contributed by atoms with van der Waals surface area (Å²) in [5.74, 6) is -1.84. The Morgan fingerprint density at radius 2 is 1.75 bits per heavy atom. The van der Waals surface area contributed by atoms with Gasteiger partial charge in [-0.05, 0) is 35.4 Å². The van der Waals surface area contributed by atoms with Crippen LogP contribution in [-0.4, -0.2) is 25.0 Å². The first-order valence-electron chi connectivity index (χ1n) is 7.34. The summed E-state index contributed by atoms with van der Waals surface area (Å²) in [5, 5.41) is 2.57. The minimum Gasteiger partial charge on any atom is -0.467 e. The molecule has 0 radical (unpaired) electrons. The molecule has 0 bridgehead atoms. The third-order valence-electron chi connectivity index (χ3n) is 3.43. The molecular formula is C18H17F2NO3. The van der Waals surface area contributed by atoms with Gasteiger partial charge in [0.25, 0.3) is 0 Å². The first kappa shape index (κ1) is 17.6. The zero-order valence-electron chi connectivity index (χ0n) is 13.1. The van der Waals surface area contributed by atoms with Gasteiger partial charge in [0.15, 0.2) is 0 Å². The molecule has 0 saturated carbocycles. The maximum atomic E-state index is 13.2. The van der Waals surface area contributed by atoms with Crippen LogP contribution in [0.4, 0.5) is 8.78 Å². The lowest BCUT2D eigenvalue weighted by Crippen LogP contribution is -2.43. The molecule has 0 spiro atoms. The van der Waals surface area contributed by atoms with E-state index in [0.29, 0.717) is 11.1 Å². The average Bonchev–Trinajstić information content (AvgIpc) is 2.55. The van der Waals surface area contributed by atoms with Gasteiger partial charge in [-0.15, -0.1) is 0 Å². The summed E-state index contributed by atoms with van der Waals surface area (Å²) in [6, 6.07) is 10.4. The SMILES string of the molecule is COC(=O)[C@@H](Cc1cccc(F)c1)NC(=O)Cc1ccc(F)cc1. The van der Waals surface area contributed by atoms with E-state index in [0.717, 1.165) is 0 Å². The molecule has 2 aromatic rings. The van der Waals surface area contributed by atoms with Crippen LogP contribution in [0.2, 0.25) is 0 Å². The van der Waals surface area contributed by atoms with Crippen LogP contribution in [0.15, 0.2) is 48.5 Å². The molecule has 0 fully saturated rings. The molecule has 126 valence electrons. The number of amides is 1. The van der Waals surface area contributed by atoms with E-state index in [1.165, 1.54) is 49.6 Å². The largest absolute Gasteiger partial charge is 0.467 e. The number of carbonyl (C=O) groups is 2. The van der Waals surface area contributed by atoms with E-state index in [1.807, 2.05) is 0 Å². The van der Waals surface area contributed by atoms with E-state index < -0.39 is 29.6 Å². The van der Waals surface area contributed by atoms with Crippen LogP contribution in [0.3, 0.4) is 0 Å². The van der Waals surface area contributed by atoms with Crippen molar-refractivity contribution in [3.05, 3.63) is 71.3 Å². The highest BCUT2D eigenvalue weighted by Gasteiger charge is 2.22. The van der Waals surface area contributed by atoms with Crippen LogP contribution in [0.1, 0.15) is 11.1 Å². The van der Waals surface area contributed by atoms with Gasteiger partial charge in [-0.2, -0.15) is 0 Å². The van der Waals surface area contributed by atoms with Crippen molar-refractivity contribution in [3.8, 4) is 0 Å². The Balaban J connectivity index is 2.03. The van der Waals surface area contributed by atoms with Gasteiger partial charge in [0, 0.05) is 6.42 Å². The molecule has 0 aliphatic carbocycles. The third kappa shape index (κ3) is 5.15. The molecule has 1 amide bonds. The number of benzene rings is 2. The van der Waals surface area contributed by atoms with Crippen LogP contribution in [0, 0.1) is 11.6 Å². The molecule has 1 N–H and O–H groups in total. The minimum atomic E-state index is -0.926. The fraction of sp³-hybridized carbons (Fsp3) is 0.222. The van der Waals surface area contributed by atoms with Crippen LogP contribution in [-0.2, 0) is 27.2 Å². The number of ether oxygens (including phenoxy) is 1. The summed E-state index contributed by atoms with van der Waals surface area (Å²) >= 11 is 0. The van der Waals surface area contributed by atoms with Crippen LogP contribution >= 0.6 is 0 Å². The molecule has 4 nitrogen and oxygen atoms in total. The molecule has 0 saturated heterocycles. The van der Waals surface area contributed by atoms with Gasteiger partial charge < -0.3 is 10.1 Å². The van der Waals surface area contributed by atoms with Crippen molar-refractivity contribution in [1.29, 1.82) is 0 Å². The van der Waals surface area contributed by atoms with Gasteiger partial charge in [-0.3, -0.25) is 4.79 Å². The number of carbonyl (C=O) groups excluding carboxylic acids is 2. The molecular weight excluding hydrogens is 316 g/mol. The second-order valence-electron chi connectivity index (χ2n) is 5.28. The first-order valence-corrected chi connectivity index (χ1v) is 7.34. The number of esters is 1. The number of halogens is 2. The molecule has 1 atom stereocenters. The zero-order valence-corrected chi connectivity index (χ0v) is 13.1. The van der Waals surface area contributed by atoms with Crippen LogP contribution < -0.4 is 5.32 Å². The Labute approximate surface area is 138 Å². The monoisotopic (exact) mass is 333 g/mol. The number of nitrogens with one attached hydrogen (secondary N) is 1. The molecule has 2 rings (SSSR count). The highest BCUT2D eigenvalue weighted by atomic mass is 19.1. The maximum Gasteiger partial charge on any atom is 0.328 e. The number of rotatable bonds is 6. The van der Waals surface area contributed by atoms with Crippen molar-refractivity contribution in [2.24, 2.45) is 0 Å². The van der Waals surface area contributed by atoms with E-state index in [-0.39, 0.29) is 12.8 Å². The maximum absolute atomic E-state index is 13.2. The Kier molecular flexibility index (Phi) is 6.01. The topological polar surface area (TPSA) is 55.4 Å². The van der Waals surface area contributed by atoms with E-state index in [1.54, 1.807) is 6.07 Å². The van der Waals surface area contributed by atoms with Gasteiger partial charge in [-0.25, -0.2) is 13.6 Å². The Hall–Kier alpha value is -2.76. The first-order chi connectivity index (χ1) is 11.5. The highest BCUT2D eigenvalue weighted by Crippen LogP contribution is 2.09. The third-order valence-corrected chi connectivity index (χ3v) is 3.43. The summed E-state index contributed by atoms with van der Waals surface area (Å²) in [4.78, 5) is 24.0.